The molecule has 232 valence electrons. The molecule has 1 aromatic heterocycles. The molecule has 5 rings (SSSR count). The Balaban J connectivity index is 1.33. The van der Waals surface area contributed by atoms with Gasteiger partial charge in [0.1, 0.15) is 17.2 Å². The van der Waals surface area contributed by atoms with Gasteiger partial charge in [-0.05, 0) is 67.1 Å². The summed E-state index contributed by atoms with van der Waals surface area (Å²) < 4.78 is 58.6. The van der Waals surface area contributed by atoms with Crippen LogP contribution in [0.4, 0.5) is 10.1 Å². The van der Waals surface area contributed by atoms with Crippen LogP contribution in [0, 0.1) is 5.82 Å². The van der Waals surface area contributed by atoms with Crippen molar-refractivity contribution in [2.75, 3.05) is 44.0 Å². The molecule has 1 aliphatic rings. The minimum absolute atomic E-state index is 0.00531. The second kappa shape index (κ2) is 13.3. The summed E-state index contributed by atoms with van der Waals surface area (Å²) in [6.45, 7) is 2.67. The first-order valence-corrected chi connectivity index (χ1v) is 16.2. The second-order valence-electron chi connectivity index (χ2n) is 10.8. The highest BCUT2D eigenvalue weighted by molar-refractivity contribution is 7.92. The summed E-state index contributed by atoms with van der Waals surface area (Å²) in [6, 6.07) is 16.4. The monoisotopic (exact) mass is 622 g/mol. The average molecular weight is 623 g/mol. The quantitative estimate of drug-likeness (QED) is 0.142. The second-order valence-corrected chi connectivity index (χ2v) is 12.7. The van der Waals surface area contributed by atoms with Gasteiger partial charge in [0, 0.05) is 29.6 Å². The van der Waals surface area contributed by atoms with Crippen molar-refractivity contribution in [3.8, 4) is 11.3 Å². The number of hydrogen-bond acceptors (Lipinski definition) is 7. The molecule has 1 heterocycles. The molecule has 1 N–H and O–H groups in total. The molecule has 1 aliphatic carbocycles. The molecule has 0 unspecified atom stereocenters. The van der Waals surface area contributed by atoms with E-state index >= 15 is 0 Å². The summed E-state index contributed by atoms with van der Waals surface area (Å²) in [6.07, 6.45) is 2.95. The molecule has 9 nitrogen and oxygen atoms in total. The number of furan rings is 1. The number of nitrogens with one attached hydrogen (secondary N) is 1. The third-order valence-electron chi connectivity index (χ3n) is 7.52. The molecule has 0 radical (unpaired) electrons. The molecule has 0 spiro atoms. The van der Waals surface area contributed by atoms with Crippen molar-refractivity contribution in [3.05, 3.63) is 88.7 Å². The average Bonchev–Trinajstić information content (AvgIpc) is 3.78. The first kappa shape index (κ1) is 31.4. The predicted molar refractivity (Wildman–Crippen MR) is 166 cm³/mol. The maximum Gasteiger partial charge on any atom is 0.255 e. The van der Waals surface area contributed by atoms with Crippen LogP contribution in [0.25, 0.3) is 22.3 Å². The Kier molecular flexibility index (Phi) is 9.48. The number of rotatable bonds is 14. The fraction of sp³-hybridized carbons (Fsp3) is 0.333. The molecule has 1 amide bonds. The van der Waals surface area contributed by atoms with Gasteiger partial charge in [-0.25, -0.2) is 12.8 Å². The molecule has 3 aromatic carbocycles. The van der Waals surface area contributed by atoms with Crippen LogP contribution in [0.3, 0.4) is 0 Å². The van der Waals surface area contributed by atoms with Gasteiger partial charge in [0.2, 0.25) is 10.0 Å². The normalized spacial score (nSPS) is 13.3. The van der Waals surface area contributed by atoms with Gasteiger partial charge in [-0.2, -0.15) is 0 Å². The van der Waals surface area contributed by atoms with Gasteiger partial charge in [0.15, 0.2) is 5.78 Å². The van der Waals surface area contributed by atoms with E-state index in [1.54, 1.807) is 18.2 Å². The van der Waals surface area contributed by atoms with Gasteiger partial charge in [-0.1, -0.05) is 24.3 Å². The Hall–Kier alpha value is -4.06. The fourth-order valence-corrected chi connectivity index (χ4v) is 6.02. The minimum Gasteiger partial charge on any atom is -0.455 e. The van der Waals surface area contributed by atoms with Gasteiger partial charge in [0.25, 0.3) is 5.91 Å². The summed E-state index contributed by atoms with van der Waals surface area (Å²) in [5.74, 6) is -0.337. The summed E-state index contributed by atoms with van der Waals surface area (Å²) in [7, 11) is -2.18. The van der Waals surface area contributed by atoms with E-state index in [1.807, 2.05) is 18.2 Å². The number of fused-ring (bicyclic) bond motifs is 1. The maximum atomic E-state index is 13.6. The van der Waals surface area contributed by atoms with Crippen LogP contribution >= 0.6 is 0 Å². The summed E-state index contributed by atoms with van der Waals surface area (Å²) >= 11 is 0. The Bertz CT molecular complexity index is 1760. The van der Waals surface area contributed by atoms with Gasteiger partial charge in [-0.3, -0.25) is 13.9 Å². The Morgan fingerprint density at radius 2 is 1.68 bits per heavy atom. The third kappa shape index (κ3) is 7.18. The van der Waals surface area contributed by atoms with Crippen molar-refractivity contribution in [2.45, 2.75) is 32.3 Å². The number of benzene rings is 3. The van der Waals surface area contributed by atoms with Crippen molar-refractivity contribution in [3.63, 3.8) is 0 Å². The minimum atomic E-state index is -3.70. The summed E-state index contributed by atoms with van der Waals surface area (Å²) in [4.78, 5) is 24.4. The first-order chi connectivity index (χ1) is 21.1. The number of anilines is 1. The summed E-state index contributed by atoms with van der Waals surface area (Å²) in [5.41, 5.74) is 4.07. The Morgan fingerprint density at radius 1 is 1.00 bits per heavy atom. The number of sulfonamides is 1. The standard InChI is InChI=1S/C33H35FN2O7S/c1-21(37)23-6-4-22(5-7-23)20-42-17-16-41-15-14-36(44(3,39)40)29-19-30-28(18-27(29)24-8-9-24)31(33(38)35-2)32(43-30)25-10-12-26(34)13-11-25/h4-7,10-13,18-19,24H,8-9,14-17,20H2,1-3H3,(H,35,38). The molecule has 1 fully saturated rings. The number of carbonyl (C=O) groups excluding carboxylic acids is 2. The number of halogens is 1. The summed E-state index contributed by atoms with van der Waals surface area (Å²) in [5, 5.41) is 3.22. The lowest BCUT2D eigenvalue weighted by molar-refractivity contribution is 0.0435. The highest BCUT2D eigenvalue weighted by Gasteiger charge is 2.33. The lowest BCUT2D eigenvalue weighted by Crippen LogP contribution is -2.34. The molecular weight excluding hydrogens is 587 g/mol. The SMILES string of the molecule is CNC(=O)c1c(-c2ccc(F)cc2)oc2cc(N(CCOCCOCc3ccc(C(C)=O)cc3)S(C)(=O)=O)c(C3CC3)cc12. The molecule has 0 saturated heterocycles. The third-order valence-corrected chi connectivity index (χ3v) is 8.70. The molecule has 0 bridgehead atoms. The van der Waals surface area contributed by atoms with E-state index in [2.05, 4.69) is 5.32 Å². The number of carbonyl (C=O) groups is 2. The van der Waals surface area contributed by atoms with E-state index < -0.39 is 15.8 Å². The first-order valence-electron chi connectivity index (χ1n) is 14.4. The Morgan fingerprint density at radius 3 is 2.30 bits per heavy atom. The molecule has 0 atom stereocenters. The zero-order valence-corrected chi connectivity index (χ0v) is 25.7. The van der Waals surface area contributed by atoms with Gasteiger partial charge in [-0.15, -0.1) is 0 Å². The lowest BCUT2D eigenvalue weighted by atomic mass is 10.0. The number of ether oxygens (including phenoxy) is 2. The Labute approximate surface area is 256 Å². The van der Waals surface area contributed by atoms with E-state index in [9.17, 15) is 22.4 Å². The van der Waals surface area contributed by atoms with Crippen LogP contribution in [0.1, 0.15) is 57.5 Å². The van der Waals surface area contributed by atoms with Crippen LogP contribution in [0.2, 0.25) is 0 Å². The number of ketones is 1. The van der Waals surface area contributed by atoms with Crippen molar-refractivity contribution in [1.82, 2.24) is 5.32 Å². The molecule has 4 aromatic rings. The van der Waals surface area contributed by atoms with Crippen molar-refractivity contribution in [1.29, 1.82) is 0 Å². The van der Waals surface area contributed by atoms with Crippen LogP contribution in [-0.4, -0.2) is 59.8 Å². The van der Waals surface area contributed by atoms with Crippen molar-refractivity contribution < 1.29 is 36.3 Å². The largest absolute Gasteiger partial charge is 0.455 e. The molecule has 11 heteroatoms. The number of Topliss-reactive ketones (excluding diaryl/α,β-unsaturated/α-hetero) is 1. The van der Waals surface area contributed by atoms with E-state index in [4.69, 9.17) is 13.9 Å². The van der Waals surface area contributed by atoms with E-state index in [-0.39, 0.29) is 43.1 Å². The van der Waals surface area contributed by atoms with E-state index in [0.29, 0.717) is 46.6 Å². The van der Waals surface area contributed by atoms with E-state index in [0.717, 1.165) is 30.2 Å². The zero-order valence-electron chi connectivity index (χ0n) is 24.9. The molecule has 0 aliphatic heterocycles. The molecule has 44 heavy (non-hydrogen) atoms. The zero-order chi connectivity index (χ0) is 31.4. The smallest absolute Gasteiger partial charge is 0.255 e. The van der Waals surface area contributed by atoms with Crippen LogP contribution < -0.4 is 9.62 Å². The number of hydrogen-bond donors (Lipinski definition) is 1. The number of nitrogens with zero attached hydrogens (tertiary/aromatic N) is 1. The van der Waals surface area contributed by atoms with Crippen LogP contribution in [0.5, 0.6) is 0 Å². The maximum absolute atomic E-state index is 13.6. The number of amides is 1. The highest BCUT2D eigenvalue weighted by Crippen LogP contribution is 2.48. The predicted octanol–water partition coefficient (Wildman–Crippen LogP) is 5.68. The van der Waals surface area contributed by atoms with Gasteiger partial charge >= 0.3 is 0 Å². The molecular formula is C33H35FN2O7S. The van der Waals surface area contributed by atoms with Crippen LogP contribution in [0.15, 0.2) is 65.1 Å². The van der Waals surface area contributed by atoms with Gasteiger partial charge < -0.3 is 19.2 Å². The van der Waals surface area contributed by atoms with Gasteiger partial charge in [0.05, 0.1) is 50.5 Å². The lowest BCUT2D eigenvalue weighted by Gasteiger charge is -2.25. The fourth-order valence-electron chi connectivity index (χ4n) is 5.10. The van der Waals surface area contributed by atoms with Crippen molar-refractivity contribution in [2.24, 2.45) is 0 Å². The highest BCUT2D eigenvalue weighted by atomic mass is 32.2. The van der Waals surface area contributed by atoms with E-state index in [1.165, 1.54) is 42.5 Å². The topological polar surface area (TPSA) is 115 Å². The molecule has 1 saturated carbocycles. The van der Waals surface area contributed by atoms with Crippen LogP contribution in [-0.2, 0) is 26.1 Å². The van der Waals surface area contributed by atoms with Crippen molar-refractivity contribution >= 4 is 38.4 Å².